The minimum atomic E-state index is 0.739. The van der Waals surface area contributed by atoms with E-state index in [0.29, 0.717) is 0 Å². The van der Waals surface area contributed by atoms with Gasteiger partial charge in [-0.2, -0.15) is 0 Å². The van der Waals surface area contributed by atoms with Crippen molar-refractivity contribution in [3.05, 3.63) is 41.2 Å². The minimum absolute atomic E-state index is 0.739. The van der Waals surface area contributed by atoms with Gasteiger partial charge in [0.1, 0.15) is 0 Å². The average molecular weight is 249 g/mol. The predicted molar refractivity (Wildman–Crippen MR) is 78.1 cm³/mol. The molecule has 2 aromatic heterocycles. The van der Waals surface area contributed by atoms with E-state index in [9.17, 15) is 0 Å². The molecule has 0 spiro atoms. The van der Waals surface area contributed by atoms with E-state index in [1.807, 2.05) is 6.07 Å². The van der Waals surface area contributed by atoms with E-state index >= 15 is 0 Å². The first-order valence-corrected chi connectivity index (χ1v) is 6.73. The van der Waals surface area contributed by atoms with E-state index in [0.717, 1.165) is 53.0 Å². The van der Waals surface area contributed by atoms with Gasteiger partial charge in [-0.25, -0.2) is 0 Å². The maximum atomic E-state index is 8.28. The Labute approximate surface area is 111 Å². The highest BCUT2D eigenvalue weighted by Gasteiger charge is 2.22. The van der Waals surface area contributed by atoms with Crippen molar-refractivity contribution in [1.29, 1.82) is 5.41 Å². The molecule has 3 nitrogen and oxygen atoms in total. The zero-order valence-corrected chi connectivity index (χ0v) is 10.9. The fourth-order valence-corrected chi connectivity index (χ4v) is 3.20. The van der Waals surface area contributed by atoms with Gasteiger partial charge in [0.2, 0.25) is 0 Å². The maximum Gasteiger partial charge on any atom is 0.0688 e. The second-order valence-corrected chi connectivity index (χ2v) is 5.27. The molecule has 3 aromatic rings. The lowest BCUT2D eigenvalue weighted by atomic mass is 9.90. The molecule has 0 fully saturated rings. The largest absolute Gasteiger partial charge is 0.353 e. The van der Waals surface area contributed by atoms with Crippen molar-refractivity contribution < 1.29 is 0 Å². The SMILES string of the molecule is Cc1nc2c(c3c1[nH]c1ccccc13)C(=N)CCC2. The van der Waals surface area contributed by atoms with Gasteiger partial charge in [0.15, 0.2) is 0 Å². The lowest BCUT2D eigenvalue weighted by molar-refractivity contribution is 0.805. The molecule has 2 heterocycles. The maximum absolute atomic E-state index is 8.28. The summed E-state index contributed by atoms with van der Waals surface area (Å²) in [6.45, 7) is 2.05. The molecule has 3 heteroatoms. The summed E-state index contributed by atoms with van der Waals surface area (Å²) in [7, 11) is 0. The zero-order valence-electron chi connectivity index (χ0n) is 10.9. The molecule has 94 valence electrons. The zero-order chi connectivity index (χ0) is 13.0. The van der Waals surface area contributed by atoms with E-state index < -0.39 is 0 Å². The number of H-pyrrole nitrogens is 1. The van der Waals surface area contributed by atoms with Gasteiger partial charge in [0, 0.05) is 27.6 Å². The third-order valence-electron chi connectivity index (χ3n) is 4.05. The summed E-state index contributed by atoms with van der Waals surface area (Å²) in [6.07, 6.45) is 2.91. The molecule has 1 aromatic carbocycles. The van der Waals surface area contributed by atoms with Crippen LogP contribution < -0.4 is 0 Å². The van der Waals surface area contributed by atoms with Crippen LogP contribution >= 0.6 is 0 Å². The molecule has 4 rings (SSSR count). The molecule has 0 bridgehead atoms. The van der Waals surface area contributed by atoms with Crippen LogP contribution in [0.4, 0.5) is 0 Å². The molecule has 0 saturated heterocycles. The van der Waals surface area contributed by atoms with Crippen molar-refractivity contribution in [2.45, 2.75) is 26.2 Å². The number of benzene rings is 1. The van der Waals surface area contributed by atoms with Gasteiger partial charge in [-0.05, 0) is 32.3 Å². The fourth-order valence-electron chi connectivity index (χ4n) is 3.20. The van der Waals surface area contributed by atoms with Gasteiger partial charge >= 0.3 is 0 Å². The predicted octanol–water partition coefficient (Wildman–Crippen LogP) is 3.73. The van der Waals surface area contributed by atoms with Crippen molar-refractivity contribution in [1.82, 2.24) is 9.97 Å². The fraction of sp³-hybridized carbons (Fsp3) is 0.250. The molecule has 0 atom stereocenters. The number of pyridine rings is 1. The van der Waals surface area contributed by atoms with Crippen LogP contribution in [0.25, 0.3) is 21.8 Å². The molecule has 1 aliphatic carbocycles. The summed E-state index contributed by atoms with van der Waals surface area (Å²) in [4.78, 5) is 8.17. The van der Waals surface area contributed by atoms with Crippen LogP contribution in [0.5, 0.6) is 0 Å². The molecule has 0 unspecified atom stereocenters. The van der Waals surface area contributed by atoms with Crippen LogP contribution in [0.3, 0.4) is 0 Å². The molecular weight excluding hydrogens is 234 g/mol. The Morgan fingerprint density at radius 3 is 2.95 bits per heavy atom. The Bertz CT molecular complexity index is 827. The molecule has 0 radical (unpaired) electrons. The average Bonchev–Trinajstić information content (AvgIpc) is 2.79. The molecule has 0 amide bonds. The van der Waals surface area contributed by atoms with Gasteiger partial charge in [-0.1, -0.05) is 18.2 Å². The summed E-state index contributed by atoms with van der Waals surface area (Å²) < 4.78 is 0. The van der Waals surface area contributed by atoms with E-state index in [2.05, 4.69) is 30.1 Å². The highest BCUT2D eigenvalue weighted by atomic mass is 14.8. The number of hydrogen-bond acceptors (Lipinski definition) is 2. The van der Waals surface area contributed by atoms with Gasteiger partial charge in [0.05, 0.1) is 16.9 Å². The summed E-state index contributed by atoms with van der Waals surface area (Å²) in [5, 5.41) is 10.7. The Balaban J connectivity index is 2.27. The monoisotopic (exact) mass is 249 g/mol. The van der Waals surface area contributed by atoms with Crippen molar-refractivity contribution in [3.63, 3.8) is 0 Å². The summed E-state index contributed by atoms with van der Waals surface area (Å²) in [6, 6.07) is 8.33. The smallest absolute Gasteiger partial charge is 0.0688 e. The van der Waals surface area contributed by atoms with Crippen LogP contribution in [0.1, 0.15) is 29.8 Å². The van der Waals surface area contributed by atoms with Crippen LogP contribution in [0.2, 0.25) is 0 Å². The quantitative estimate of drug-likeness (QED) is 0.626. The second kappa shape index (κ2) is 3.67. The standard InChI is InChI=1S/C16H15N3/c1-9-16-14(10-5-2-3-7-12(10)19-16)15-11(17)6-4-8-13(15)18-9/h2-3,5,7,17,19H,4,6,8H2,1H3. The number of aromatic amines is 1. The van der Waals surface area contributed by atoms with Crippen molar-refractivity contribution in [2.24, 2.45) is 0 Å². The first kappa shape index (κ1) is 10.7. The molecule has 0 aliphatic heterocycles. The van der Waals surface area contributed by atoms with Crippen molar-refractivity contribution in [3.8, 4) is 0 Å². The number of rotatable bonds is 0. The topological polar surface area (TPSA) is 52.5 Å². The lowest BCUT2D eigenvalue weighted by Gasteiger charge is -2.18. The van der Waals surface area contributed by atoms with Crippen molar-refractivity contribution >= 4 is 27.5 Å². The van der Waals surface area contributed by atoms with Gasteiger partial charge in [-0.3, -0.25) is 4.98 Å². The Morgan fingerprint density at radius 1 is 1.21 bits per heavy atom. The summed E-state index contributed by atoms with van der Waals surface area (Å²) >= 11 is 0. The lowest BCUT2D eigenvalue weighted by Crippen LogP contribution is -2.13. The molecule has 2 N–H and O–H groups in total. The van der Waals surface area contributed by atoms with Crippen LogP contribution in [-0.2, 0) is 6.42 Å². The highest BCUT2D eigenvalue weighted by Crippen LogP contribution is 2.34. The Morgan fingerprint density at radius 2 is 2.05 bits per heavy atom. The molecular formula is C16H15N3. The third kappa shape index (κ3) is 1.38. The Kier molecular flexibility index (Phi) is 2.07. The normalized spacial score (nSPS) is 15.1. The first-order valence-electron chi connectivity index (χ1n) is 6.73. The Hall–Kier alpha value is -2.16. The second-order valence-electron chi connectivity index (χ2n) is 5.27. The van der Waals surface area contributed by atoms with Crippen LogP contribution in [0.15, 0.2) is 24.3 Å². The van der Waals surface area contributed by atoms with Crippen molar-refractivity contribution in [2.75, 3.05) is 0 Å². The number of nitrogens with zero attached hydrogens (tertiary/aromatic N) is 1. The third-order valence-corrected chi connectivity index (χ3v) is 4.05. The van der Waals surface area contributed by atoms with E-state index in [4.69, 9.17) is 10.4 Å². The van der Waals surface area contributed by atoms with Gasteiger partial charge in [0.25, 0.3) is 0 Å². The van der Waals surface area contributed by atoms with Gasteiger partial charge < -0.3 is 10.4 Å². The number of aryl methyl sites for hydroxylation is 2. The molecule has 0 saturated carbocycles. The number of nitrogens with one attached hydrogen (secondary N) is 2. The molecule has 1 aliphatic rings. The minimum Gasteiger partial charge on any atom is -0.353 e. The first-order chi connectivity index (χ1) is 9.25. The number of para-hydroxylation sites is 1. The number of hydrogen-bond donors (Lipinski definition) is 2. The molecule has 19 heavy (non-hydrogen) atoms. The van der Waals surface area contributed by atoms with Gasteiger partial charge in [-0.15, -0.1) is 0 Å². The highest BCUT2D eigenvalue weighted by molar-refractivity contribution is 6.20. The van der Waals surface area contributed by atoms with E-state index in [1.54, 1.807) is 0 Å². The summed E-state index contributed by atoms with van der Waals surface area (Å²) in [5.74, 6) is 0. The van der Waals surface area contributed by atoms with E-state index in [1.165, 1.54) is 10.8 Å². The van der Waals surface area contributed by atoms with E-state index in [-0.39, 0.29) is 0 Å². The van der Waals surface area contributed by atoms with Crippen LogP contribution in [0, 0.1) is 12.3 Å². The summed E-state index contributed by atoms with van der Waals surface area (Å²) in [5.41, 5.74) is 6.18. The number of aromatic nitrogens is 2. The van der Waals surface area contributed by atoms with Crippen LogP contribution in [-0.4, -0.2) is 15.7 Å². The number of fused-ring (bicyclic) bond motifs is 5.